The van der Waals surface area contributed by atoms with Crippen molar-refractivity contribution in [2.45, 2.75) is 19.4 Å². The Labute approximate surface area is 110 Å². The highest BCUT2D eigenvalue weighted by Crippen LogP contribution is 2.28. The third-order valence-corrected chi connectivity index (χ3v) is 2.58. The van der Waals surface area contributed by atoms with E-state index < -0.39 is 0 Å². The normalized spacial score (nSPS) is 12.6. The van der Waals surface area contributed by atoms with E-state index in [0.717, 1.165) is 24.5 Å². The van der Waals surface area contributed by atoms with Crippen molar-refractivity contribution in [1.82, 2.24) is 4.90 Å². The molecule has 1 aromatic rings. The molecule has 18 heavy (non-hydrogen) atoms. The molecule has 0 bridgehead atoms. The van der Waals surface area contributed by atoms with Crippen LogP contribution < -0.4 is 15.2 Å². The van der Waals surface area contributed by atoms with Crippen LogP contribution in [-0.4, -0.2) is 45.3 Å². The Morgan fingerprint density at radius 2 is 2.00 bits per heavy atom. The van der Waals surface area contributed by atoms with Crippen LogP contribution in [0.3, 0.4) is 0 Å². The lowest BCUT2D eigenvalue weighted by molar-refractivity contribution is 0.250. The smallest absolute Gasteiger partial charge is 0.161 e. The summed E-state index contributed by atoms with van der Waals surface area (Å²) in [5.41, 5.74) is 6.96. The number of hydrogen-bond acceptors (Lipinski definition) is 4. The first-order chi connectivity index (χ1) is 8.52. The van der Waals surface area contributed by atoms with Crippen molar-refractivity contribution in [3.63, 3.8) is 0 Å². The highest BCUT2D eigenvalue weighted by molar-refractivity contribution is 5.43. The minimum Gasteiger partial charge on any atom is -0.493 e. The SMILES string of the molecule is COc1cc(CC(C)N)ccc1OCCN(C)C. The second-order valence-corrected chi connectivity index (χ2v) is 4.82. The van der Waals surface area contributed by atoms with Gasteiger partial charge in [0, 0.05) is 12.6 Å². The van der Waals surface area contributed by atoms with E-state index in [-0.39, 0.29) is 6.04 Å². The van der Waals surface area contributed by atoms with E-state index in [2.05, 4.69) is 4.90 Å². The van der Waals surface area contributed by atoms with Crippen molar-refractivity contribution in [1.29, 1.82) is 0 Å². The summed E-state index contributed by atoms with van der Waals surface area (Å²) < 4.78 is 11.0. The van der Waals surface area contributed by atoms with Crippen LogP contribution in [0.2, 0.25) is 0 Å². The molecule has 0 aliphatic rings. The molecule has 102 valence electrons. The van der Waals surface area contributed by atoms with Crippen LogP contribution in [0.1, 0.15) is 12.5 Å². The molecule has 0 radical (unpaired) electrons. The fourth-order valence-electron chi connectivity index (χ4n) is 1.67. The molecule has 0 aromatic heterocycles. The Morgan fingerprint density at radius 1 is 1.28 bits per heavy atom. The molecule has 4 nitrogen and oxygen atoms in total. The average Bonchev–Trinajstić information content (AvgIpc) is 2.29. The van der Waals surface area contributed by atoms with Gasteiger partial charge in [-0.3, -0.25) is 0 Å². The zero-order chi connectivity index (χ0) is 13.5. The maximum atomic E-state index is 5.79. The Hall–Kier alpha value is -1.26. The van der Waals surface area contributed by atoms with Crippen molar-refractivity contribution in [3.05, 3.63) is 23.8 Å². The summed E-state index contributed by atoms with van der Waals surface area (Å²) in [4.78, 5) is 2.08. The summed E-state index contributed by atoms with van der Waals surface area (Å²) in [5, 5.41) is 0. The molecule has 0 aliphatic carbocycles. The van der Waals surface area contributed by atoms with Gasteiger partial charge < -0.3 is 20.1 Å². The van der Waals surface area contributed by atoms with Gasteiger partial charge in [-0.1, -0.05) is 6.07 Å². The fourth-order valence-corrected chi connectivity index (χ4v) is 1.67. The number of rotatable bonds is 7. The molecule has 1 aromatic carbocycles. The van der Waals surface area contributed by atoms with E-state index in [1.165, 1.54) is 5.56 Å². The van der Waals surface area contributed by atoms with Crippen LogP contribution in [0.15, 0.2) is 18.2 Å². The summed E-state index contributed by atoms with van der Waals surface area (Å²) >= 11 is 0. The van der Waals surface area contributed by atoms with Crippen LogP contribution in [0.5, 0.6) is 11.5 Å². The van der Waals surface area contributed by atoms with E-state index in [4.69, 9.17) is 15.2 Å². The molecule has 0 spiro atoms. The highest BCUT2D eigenvalue weighted by Gasteiger charge is 2.07. The van der Waals surface area contributed by atoms with Gasteiger partial charge in [-0.25, -0.2) is 0 Å². The second kappa shape index (κ2) is 7.24. The number of hydrogen-bond donors (Lipinski definition) is 1. The minimum atomic E-state index is 0.148. The maximum absolute atomic E-state index is 5.79. The zero-order valence-electron chi connectivity index (χ0n) is 11.8. The molecule has 0 heterocycles. The molecule has 1 rings (SSSR count). The first kappa shape index (κ1) is 14.8. The standard InChI is InChI=1S/C14H24N2O2/c1-11(15)9-12-5-6-13(14(10-12)17-4)18-8-7-16(2)3/h5-6,10-11H,7-9,15H2,1-4H3. The monoisotopic (exact) mass is 252 g/mol. The third-order valence-electron chi connectivity index (χ3n) is 2.58. The number of ether oxygens (including phenoxy) is 2. The quantitative estimate of drug-likeness (QED) is 0.799. The third kappa shape index (κ3) is 4.94. The van der Waals surface area contributed by atoms with Crippen molar-refractivity contribution in [2.75, 3.05) is 34.4 Å². The number of nitrogens with two attached hydrogens (primary N) is 1. The molecule has 4 heteroatoms. The molecule has 0 saturated heterocycles. The van der Waals surface area contributed by atoms with E-state index in [1.807, 2.05) is 39.2 Å². The molecule has 0 amide bonds. The van der Waals surface area contributed by atoms with E-state index >= 15 is 0 Å². The van der Waals surface area contributed by atoms with Gasteiger partial charge in [0.25, 0.3) is 0 Å². The Bertz CT molecular complexity index is 365. The summed E-state index contributed by atoms with van der Waals surface area (Å²) in [6.45, 7) is 3.52. The lowest BCUT2D eigenvalue weighted by Gasteiger charge is -2.14. The van der Waals surface area contributed by atoms with E-state index in [0.29, 0.717) is 6.61 Å². The van der Waals surface area contributed by atoms with Gasteiger partial charge in [0.2, 0.25) is 0 Å². The number of likely N-dealkylation sites (N-methyl/N-ethyl adjacent to an activating group) is 1. The van der Waals surface area contributed by atoms with Gasteiger partial charge in [0.05, 0.1) is 7.11 Å². The minimum absolute atomic E-state index is 0.148. The molecule has 0 fully saturated rings. The lowest BCUT2D eigenvalue weighted by Crippen LogP contribution is -2.19. The van der Waals surface area contributed by atoms with Gasteiger partial charge in [-0.05, 0) is 45.1 Å². The summed E-state index contributed by atoms with van der Waals surface area (Å²) in [7, 11) is 5.70. The van der Waals surface area contributed by atoms with Gasteiger partial charge in [0.15, 0.2) is 11.5 Å². The van der Waals surface area contributed by atoms with E-state index in [9.17, 15) is 0 Å². The fraction of sp³-hybridized carbons (Fsp3) is 0.571. The largest absolute Gasteiger partial charge is 0.493 e. The van der Waals surface area contributed by atoms with Crippen molar-refractivity contribution >= 4 is 0 Å². The molecule has 1 atom stereocenters. The Morgan fingerprint density at radius 3 is 2.56 bits per heavy atom. The van der Waals surface area contributed by atoms with Gasteiger partial charge in [0.1, 0.15) is 6.61 Å². The Kier molecular flexibility index (Phi) is 5.95. The van der Waals surface area contributed by atoms with Crippen LogP contribution in [-0.2, 0) is 6.42 Å². The first-order valence-electron chi connectivity index (χ1n) is 6.23. The molecular formula is C14H24N2O2. The zero-order valence-corrected chi connectivity index (χ0v) is 11.8. The molecule has 0 aliphatic heterocycles. The first-order valence-corrected chi connectivity index (χ1v) is 6.23. The second-order valence-electron chi connectivity index (χ2n) is 4.82. The topological polar surface area (TPSA) is 47.7 Å². The average molecular weight is 252 g/mol. The van der Waals surface area contributed by atoms with Crippen molar-refractivity contribution in [3.8, 4) is 11.5 Å². The van der Waals surface area contributed by atoms with Crippen LogP contribution >= 0.6 is 0 Å². The predicted molar refractivity (Wildman–Crippen MR) is 74.4 cm³/mol. The van der Waals surface area contributed by atoms with Crippen LogP contribution in [0.25, 0.3) is 0 Å². The summed E-state index contributed by atoms with van der Waals surface area (Å²) in [5.74, 6) is 1.56. The maximum Gasteiger partial charge on any atom is 0.161 e. The number of methoxy groups -OCH3 is 1. The molecule has 0 saturated carbocycles. The van der Waals surface area contributed by atoms with Gasteiger partial charge in [-0.15, -0.1) is 0 Å². The Balaban J connectivity index is 2.67. The number of nitrogens with zero attached hydrogens (tertiary/aromatic N) is 1. The summed E-state index contributed by atoms with van der Waals surface area (Å²) in [6.07, 6.45) is 0.842. The molecule has 1 unspecified atom stereocenters. The predicted octanol–water partition coefficient (Wildman–Crippen LogP) is 1.53. The highest BCUT2D eigenvalue weighted by atomic mass is 16.5. The lowest BCUT2D eigenvalue weighted by atomic mass is 10.1. The molecular weight excluding hydrogens is 228 g/mol. The van der Waals surface area contributed by atoms with Crippen LogP contribution in [0.4, 0.5) is 0 Å². The van der Waals surface area contributed by atoms with Crippen LogP contribution in [0, 0.1) is 0 Å². The van der Waals surface area contributed by atoms with Gasteiger partial charge >= 0.3 is 0 Å². The van der Waals surface area contributed by atoms with E-state index in [1.54, 1.807) is 7.11 Å². The molecule has 2 N–H and O–H groups in total. The van der Waals surface area contributed by atoms with Crippen molar-refractivity contribution in [2.24, 2.45) is 5.73 Å². The number of benzene rings is 1. The summed E-state index contributed by atoms with van der Waals surface area (Å²) in [6, 6.07) is 6.13. The van der Waals surface area contributed by atoms with Gasteiger partial charge in [-0.2, -0.15) is 0 Å². The van der Waals surface area contributed by atoms with Crippen molar-refractivity contribution < 1.29 is 9.47 Å².